The Morgan fingerprint density at radius 2 is 2.50 bits per heavy atom. The van der Waals surface area contributed by atoms with Crippen LogP contribution in [0.5, 0.6) is 0 Å². The second kappa shape index (κ2) is 2.75. The van der Waals surface area contributed by atoms with Gasteiger partial charge in [0.05, 0.1) is 5.38 Å². The molecule has 1 unspecified atom stereocenters. The highest BCUT2D eigenvalue weighted by Crippen LogP contribution is 2.24. The van der Waals surface area contributed by atoms with Gasteiger partial charge in [-0.25, -0.2) is 0 Å². The average Bonchev–Trinajstić information content (AvgIpc) is 2.14. The zero-order valence-electron chi connectivity index (χ0n) is 4.53. The van der Waals surface area contributed by atoms with Crippen molar-refractivity contribution in [2.24, 2.45) is 0 Å². The van der Waals surface area contributed by atoms with Crippen LogP contribution in [0.2, 0.25) is 0 Å². The molecule has 0 nitrogen and oxygen atoms in total. The molecule has 0 aromatic heterocycles. The van der Waals surface area contributed by atoms with E-state index in [2.05, 4.69) is 6.08 Å². The Balaban J connectivity index is 2.49. The van der Waals surface area contributed by atoms with Crippen LogP contribution >= 0.6 is 23.2 Å². The van der Waals surface area contributed by atoms with Gasteiger partial charge in [-0.1, -0.05) is 6.08 Å². The van der Waals surface area contributed by atoms with Gasteiger partial charge in [0.15, 0.2) is 0 Å². The van der Waals surface area contributed by atoms with E-state index in [0.717, 1.165) is 12.8 Å². The fraction of sp³-hybridized carbons (Fsp3) is 0.667. The molecule has 0 bridgehead atoms. The Morgan fingerprint density at radius 1 is 1.75 bits per heavy atom. The van der Waals surface area contributed by atoms with Gasteiger partial charge in [0.2, 0.25) is 0 Å². The topological polar surface area (TPSA) is 0 Å². The van der Waals surface area contributed by atoms with Crippen LogP contribution in [0.1, 0.15) is 12.8 Å². The van der Waals surface area contributed by atoms with E-state index in [0.29, 0.717) is 5.88 Å². The Kier molecular flexibility index (Phi) is 2.21. The lowest BCUT2D eigenvalue weighted by Gasteiger charge is -1.99. The van der Waals surface area contributed by atoms with E-state index in [4.69, 9.17) is 23.2 Å². The van der Waals surface area contributed by atoms with Crippen LogP contribution in [0, 0.1) is 0 Å². The van der Waals surface area contributed by atoms with Crippen LogP contribution in [0.25, 0.3) is 0 Å². The molecular weight excluding hydrogens is 143 g/mol. The maximum Gasteiger partial charge on any atom is 0.0559 e. The van der Waals surface area contributed by atoms with Crippen molar-refractivity contribution in [3.8, 4) is 0 Å². The van der Waals surface area contributed by atoms with Gasteiger partial charge in [-0.2, -0.15) is 0 Å². The zero-order chi connectivity index (χ0) is 5.98. The van der Waals surface area contributed by atoms with Crippen LogP contribution in [0.4, 0.5) is 0 Å². The minimum atomic E-state index is 0.229. The summed E-state index contributed by atoms with van der Waals surface area (Å²) in [5.41, 5.74) is 1.20. The fourth-order valence-corrected chi connectivity index (χ4v) is 1.53. The molecule has 8 heavy (non-hydrogen) atoms. The van der Waals surface area contributed by atoms with Gasteiger partial charge in [0.1, 0.15) is 0 Å². The molecule has 1 aliphatic rings. The maximum atomic E-state index is 5.83. The number of hydrogen-bond donors (Lipinski definition) is 0. The number of rotatable bonds is 1. The summed E-state index contributed by atoms with van der Waals surface area (Å²) in [7, 11) is 0. The summed E-state index contributed by atoms with van der Waals surface area (Å²) in [4.78, 5) is 0. The molecule has 1 aliphatic carbocycles. The maximum absolute atomic E-state index is 5.83. The van der Waals surface area contributed by atoms with E-state index in [9.17, 15) is 0 Å². The van der Waals surface area contributed by atoms with E-state index in [-0.39, 0.29) is 5.38 Å². The highest BCUT2D eigenvalue weighted by atomic mass is 35.5. The molecule has 0 spiro atoms. The number of allylic oxidation sites excluding steroid dienone is 2. The molecular formula is C6H8Cl2. The molecule has 2 heteroatoms. The smallest absolute Gasteiger partial charge is 0.0559 e. The minimum Gasteiger partial charge on any atom is -0.122 e. The third-order valence-electron chi connectivity index (χ3n) is 1.38. The van der Waals surface area contributed by atoms with E-state index in [1.54, 1.807) is 0 Å². The van der Waals surface area contributed by atoms with Gasteiger partial charge in [0.25, 0.3) is 0 Å². The highest BCUT2D eigenvalue weighted by Gasteiger charge is 2.13. The van der Waals surface area contributed by atoms with Crippen molar-refractivity contribution in [3.63, 3.8) is 0 Å². The van der Waals surface area contributed by atoms with E-state index < -0.39 is 0 Å². The molecule has 46 valence electrons. The molecule has 1 atom stereocenters. The first-order valence-electron chi connectivity index (χ1n) is 2.73. The first kappa shape index (κ1) is 6.44. The molecule has 1 rings (SSSR count). The van der Waals surface area contributed by atoms with Crippen LogP contribution in [-0.2, 0) is 0 Å². The second-order valence-electron chi connectivity index (χ2n) is 1.96. The normalized spacial score (nSPS) is 28.2. The van der Waals surface area contributed by atoms with Crippen molar-refractivity contribution < 1.29 is 0 Å². The largest absolute Gasteiger partial charge is 0.122 e. The zero-order valence-corrected chi connectivity index (χ0v) is 6.04. The lowest BCUT2D eigenvalue weighted by molar-refractivity contribution is 0.915. The summed E-state index contributed by atoms with van der Waals surface area (Å²) in [5, 5.41) is 0.229. The lowest BCUT2D eigenvalue weighted by atomic mass is 10.3. The summed E-state index contributed by atoms with van der Waals surface area (Å²) >= 11 is 11.4. The Hall–Kier alpha value is 0.320. The van der Waals surface area contributed by atoms with Gasteiger partial charge in [-0.05, 0) is 18.4 Å². The van der Waals surface area contributed by atoms with Crippen LogP contribution in [0.3, 0.4) is 0 Å². The molecule has 0 radical (unpaired) electrons. The van der Waals surface area contributed by atoms with Crippen LogP contribution in [0.15, 0.2) is 11.6 Å². The average molecular weight is 151 g/mol. The van der Waals surface area contributed by atoms with Crippen molar-refractivity contribution in [3.05, 3.63) is 11.6 Å². The Morgan fingerprint density at radius 3 is 2.75 bits per heavy atom. The molecule has 0 aromatic carbocycles. The first-order chi connectivity index (χ1) is 3.84. The van der Waals surface area contributed by atoms with E-state index in [1.165, 1.54) is 5.57 Å². The molecule has 0 N–H and O–H groups in total. The number of hydrogen-bond acceptors (Lipinski definition) is 0. The molecule has 0 aromatic rings. The summed E-state index contributed by atoms with van der Waals surface area (Å²) in [6.45, 7) is 0. The monoisotopic (exact) mass is 150 g/mol. The van der Waals surface area contributed by atoms with Crippen molar-refractivity contribution in [1.82, 2.24) is 0 Å². The number of halogens is 2. The van der Waals surface area contributed by atoms with E-state index in [1.807, 2.05) is 0 Å². The van der Waals surface area contributed by atoms with Gasteiger partial charge in [-0.15, -0.1) is 23.2 Å². The summed E-state index contributed by atoms with van der Waals surface area (Å²) in [6, 6.07) is 0. The molecule has 0 aliphatic heterocycles. The predicted molar refractivity (Wildman–Crippen MR) is 37.7 cm³/mol. The molecule has 0 saturated heterocycles. The lowest BCUT2D eigenvalue weighted by Crippen LogP contribution is -1.96. The molecule has 0 amide bonds. The van der Waals surface area contributed by atoms with Gasteiger partial charge in [0, 0.05) is 5.88 Å². The second-order valence-corrected chi connectivity index (χ2v) is 2.75. The summed E-state index contributed by atoms with van der Waals surface area (Å²) in [6.07, 6.45) is 4.31. The van der Waals surface area contributed by atoms with E-state index >= 15 is 0 Å². The standard InChI is InChI=1S/C6H8Cl2/c7-4-5-2-1-3-6(5)8/h2,6H,1,3-4H2. The van der Waals surface area contributed by atoms with Crippen molar-refractivity contribution in [2.45, 2.75) is 18.2 Å². The van der Waals surface area contributed by atoms with Crippen molar-refractivity contribution in [2.75, 3.05) is 5.88 Å². The molecule has 0 heterocycles. The quantitative estimate of drug-likeness (QED) is 0.399. The van der Waals surface area contributed by atoms with Gasteiger partial charge >= 0.3 is 0 Å². The van der Waals surface area contributed by atoms with Crippen molar-refractivity contribution in [1.29, 1.82) is 0 Å². The minimum absolute atomic E-state index is 0.229. The predicted octanol–water partition coefficient (Wildman–Crippen LogP) is 2.55. The summed E-state index contributed by atoms with van der Waals surface area (Å²) < 4.78 is 0. The van der Waals surface area contributed by atoms with Crippen molar-refractivity contribution >= 4 is 23.2 Å². The third kappa shape index (κ3) is 1.18. The highest BCUT2D eigenvalue weighted by molar-refractivity contribution is 6.25. The third-order valence-corrected chi connectivity index (χ3v) is 2.19. The fourth-order valence-electron chi connectivity index (χ4n) is 0.867. The SMILES string of the molecule is ClCC1=CCCC1Cl. The Labute approximate surface area is 59.5 Å². The molecule has 0 saturated carbocycles. The molecule has 0 fully saturated rings. The van der Waals surface area contributed by atoms with Gasteiger partial charge < -0.3 is 0 Å². The number of alkyl halides is 2. The van der Waals surface area contributed by atoms with Crippen LogP contribution < -0.4 is 0 Å². The Bertz CT molecular complexity index is 107. The summed E-state index contributed by atoms with van der Waals surface area (Å²) in [5.74, 6) is 0.605. The van der Waals surface area contributed by atoms with Gasteiger partial charge in [-0.3, -0.25) is 0 Å². The van der Waals surface area contributed by atoms with Crippen LogP contribution in [-0.4, -0.2) is 11.3 Å². The first-order valence-corrected chi connectivity index (χ1v) is 3.70.